The van der Waals surface area contributed by atoms with Gasteiger partial charge in [0.2, 0.25) is 0 Å². The number of benzene rings is 1. The van der Waals surface area contributed by atoms with E-state index < -0.39 is 0 Å². The topological polar surface area (TPSA) is 55.7 Å². The fourth-order valence-electron chi connectivity index (χ4n) is 4.84. The molecule has 1 saturated heterocycles. The number of rotatable bonds is 6. The molecule has 1 aromatic carbocycles. The average Bonchev–Trinajstić information content (AvgIpc) is 3.24. The Balaban J connectivity index is 1.40. The summed E-state index contributed by atoms with van der Waals surface area (Å²) in [4.78, 5) is 14.4. The highest BCUT2D eigenvalue weighted by Gasteiger charge is 2.20. The van der Waals surface area contributed by atoms with Crippen molar-refractivity contribution in [3.63, 3.8) is 0 Å². The molecule has 0 saturated carbocycles. The number of methoxy groups -OCH3 is 2. The van der Waals surface area contributed by atoms with E-state index in [1.54, 1.807) is 14.2 Å². The molecule has 0 bridgehead atoms. The van der Waals surface area contributed by atoms with Crippen LogP contribution < -0.4 is 14.4 Å². The van der Waals surface area contributed by atoms with Crippen LogP contribution in [0.3, 0.4) is 0 Å². The minimum absolute atomic E-state index is 0.597. The minimum atomic E-state index is 0.597. The van der Waals surface area contributed by atoms with Gasteiger partial charge >= 0.3 is 0 Å². The molecule has 7 heteroatoms. The molecular weight excluding hydrogens is 438 g/mol. The van der Waals surface area contributed by atoms with Crippen LogP contribution in [0.1, 0.15) is 13.8 Å². The summed E-state index contributed by atoms with van der Waals surface area (Å²) >= 11 is 0. The largest absolute Gasteiger partial charge is 0.493 e. The van der Waals surface area contributed by atoms with E-state index in [9.17, 15) is 0 Å². The van der Waals surface area contributed by atoms with Gasteiger partial charge in [0, 0.05) is 68.4 Å². The van der Waals surface area contributed by atoms with E-state index in [-0.39, 0.29) is 0 Å². The number of ether oxygens (including phenoxy) is 2. The van der Waals surface area contributed by atoms with Crippen molar-refractivity contribution in [2.24, 2.45) is 7.05 Å². The molecule has 0 spiro atoms. The van der Waals surface area contributed by atoms with E-state index in [4.69, 9.17) is 19.4 Å². The summed E-state index contributed by atoms with van der Waals surface area (Å²) in [6.45, 7) is 8.71. The van der Waals surface area contributed by atoms with E-state index in [0.717, 1.165) is 65.4 Å². The van der Waals surface area contributed by atoms with Gasteiger partial charge < -0.3 is 18.9 Å². The van der Waals surface area contributed by atoms with Crippen molar-refractivity contribution < 1.29 is 9.47 Å². The molecule has 35 heavy (non-hydrogen) atoms. The van der Waals surface area contributed by atoms with Crippen LogP contribution in [0.15, 0.2) is 54.9 Å². The zero-order chi connectivity index (χ0) is 24.5. The van der Waals surface area contributed by atoms with Crippen LogP contribution in [0.2, 0.25) is 0 Å². The summed E-state index contributed by atoms with van der Waals surface area (Å²) in [5.41, 5.74) is 6.27. The molecule has 0 unspecified atom stereocenters. The van der Waals surface area contributed by atoms with Crippen molar-refractivity contribution in [3.05, 3.63) is 54.9 Å². The van der Waals surface area contributed by atoms with Crippen LogP contribution in [-0.4, -0.2) is 65.9 Å². The molecule has 7 nitrogen and oxygen atoms in total. The summed E-state index contributed by atoms with van der Waals surface area (Å²) in [6.07, 6.45) is 3.89. The lowest BCUT2D eigenvalue weighted by molar-refractivity contribution is 0.209. The van der Waals surface area contributed by atoms with Crippen molar-refractivity contribution in [2.75, 3.05) is 45.3 Å². The van der Waals surface area contributed by atoms with Crippen LogP contribution in [-0.2, 0) is 7.05 Å². The number of hydrogen-bond donors (Lipinski definition) is 0. The molecule has 0 radical (unpaired) electrons. The van der Waals surface area contributed by atoms with Gasteiger partial charge in [0.15, 0.2) is 11.5 Å². The lowest BCUT2D eigenvalue weighted by Crippen LogP contribution is -2.49. The molecule has 1 aliphatic rings. The second kappa shape index (κ2) is 9.58. The average molecular weight is 472 g/mol. The van der Waals surface area contributed by atoms with Crippen LogP contribution in [0.25, 0.3) is 33.4 Å². The number of aromatic nitrogens is 3. The van der Waals surface area contributed by atoms with Crippen molar-refractivity contribution in [3.8, 4) is 33.9 Å². The molecule has 182 valence electrons. The zero-order valence-corrected chi connectivity index (χ0v) is 21.2. The van der Waals surface area contributed by atoms with E-state index in [2.05, 4.69) is 59.5 Å². The predicted molar refractivity (Wildman–Crippen MR) is 141 cm³/mol. The molecule has 1 fully saturated rings. The highest BCUT2D eigenvalue weighted by molar-refractivity contribution is 5.87. The number of anilines is 1. The van der Waals surface area contributed by atoms with E-state index in [0.29, 0.717) is 17.5 Å². The fourth-order valence-corrected chi connectivity index (χ4v) is 4.84. The Morgan fingerprint density at radius 1 is 0.771 bits per heavy atom. The van der Waals surface area contributed by atoms with Gasteiger partial charge in [-0.15, -0.1) is 0 Å². The first-order valence-electron chi connectivity index (χ1n) is 12.1. The normalized spacial score (nSPS) is 14.6. The van der Waals surface area contributed by atoms with Crippen molar-refractivity contribution >= 4 is 16.9 Å². The van der Waals surface area contributed by atoms with Gasteiger partial charge in [0.1, 0.15) is 5.82 Å². The predicted octanol–water partition coefficient (Wildman–Crippen LogP) is 4.85. The highest BCUT2D eigenvalue weighted by atomic mass is 16.5. The quantitative estimate of drug-likeness (QED) is 0.401. The number of piperazine rings is 1. The van der Waals surface area contributed by atoms with Crippen molar-refractivity contribution in [1.82, 2.24) is 19.4 Å². The maximum atomic E-state index is 5.50. The van der Waals surface area contributed by atoms with Gasteiger partial charge in [0.05, 0.1) is 30.9 Å². The Morgan fingerprint density at radius 2 is 1.49 bits per heavy atom. The maximum absolute atomic E-state index is 5.50. The standard InChI is InChI=1S/C28H33N5O2/c1-19(2)32-10-12-33(13-11-32)28-9-7-21(17-30-28)22-14-25-23(29-18-22)16-24(31(25)3)20-6-8-26(34-4)27(15-20)35-5/h6-9,14-19H,10-13H2,1-5H3. The summed E-state index contributed by atoms with van der Waals surface area (Å²) < 4.78 is 13.1. The first kappa shape index (κ1) is 23.2. The summed E-state index contributed by atoms with van der Waals surface area (Å²) in [5.74, 6) is 2.47. The molecule has 1 aliphatic heterocycles. The van der Waals surface area contributed by atoms with Gasteiger partial charge in [-0.3, -0.25) is 9.88 Å². The lowest BCUT2D eigenvalue weighted by Gasteiger charge is -2.37. The van der Waals surface area contributed by atoms with Crippen LogP contribution in [0.5, 0.6) is 11.5 Å². The Kier molecular flexibility index (Phi) is 6.34. The minimum Gasteiger partial charge on any atom is -0.493 e. The summed E-state index contributed by atoms with van der Waals surface area (Å²) in [6, 6.07) is 15.1. The Labute approximate surface area is 206 Å². The van der Waals surface area contributed by atoms with E-state index in [1.807, 2.05) is 30.6 Å². The molecule has 0 aliphatic carbocycles. The number of fused-ring (bicyclic) bond motifs is 1. The highest BCUT2D eigenvalue weighted by Crippen LogP contribution is 2.35. The van der Waals surface area contributed by atoms with Crippen LogP contribution in [0, 0.1) is 0 Å². The van der Waals surface area contributed by atoms with Crippen LogP contribution in [0.4, 0.5) is 5.82 Å². The van der Waals surface area contributed by atoms with Crippen molar-refractivity contribution in [2.45, 2.75) is 19.9 Å². The smallest absolute Gasteiger partial charge is 0.161 e. The molecule has 5 rings (SSSR count). The number of nitrogens with zero attached hydrogens (tertiary/aromatic N) is 5. The molecule has 4 aromatic rings. The first-order valence-corrected chi connectivity index (χ1v) is 12.1. The Bertz CT molecular complexity index is 1320. The van der Waals surface area contributed by atoms with Gasteiger partial charge in [-0.2, -0.15) is 0 Å². The molecule has 4 heterocycles. The molecule has 0 atom stereocenters. The second-order valence-electron chi connectivity index (χ2n) is 9.31. The zero-order valence-electron chi connectivity index (χ0n) is 21.2. The van der Waals surface area contributed by atoms with Crippen LogP contribution >= 0.6 is 0 Å². The molecule has 0 amide bonds. The number of hydrogen-bond acceptors (Lipinski definition) is 6. The SMILES string of the molecule is COc1ccc(-c2cc3ncc(-c4ccc(N5CCN(C(C)C)CC5)nc4)cc3n2C)cc1OC. The third-order valence-electron chi connectivity index (χ3n) is 7.02. The summed E-state index contributed by atoms with van der Waals surface area (Å²) in [5, 5.41) is 0. The van der Waals surface area contributed by atoms with Gasteiger partial charge in [-0.05, 0) is 56.3 Å². The number of aryl methyl sites for hydroxylation is 1. The van der Waals surface area contributed by atoms with Gasteiger partial charge in [-0.1, -0.05) is 0 Å². The van der Waals surface area contributed by atoms with Gasteiger partial charge in [-0.25, -0.2) is 4.98 Å². The third-order valence-corrected chi connectivity index (χ3v) is 7.02. The second-order valence-corrected chi connectivity index (χ2v) is 9.31. The summed E-state index contributed by atoms with van der Waals surface area (Å²) in [7, 11) is 5.37. The lowest BCUT2D eigenvalue weighted by atomic mass is 10.1. The maximum Gasteiger partial charge on any atom is 0.161 e. The molecule has 3 aromatic heterocycles. The van der Waals surface area contributed by atoms with E-state index >= 15 is 0 Å². The fraction of sp³-hybridized carbons (Fsp3) is 0.357. The molecular formula is C28H33N5O2. The van der Waals surface area contributed by atoms with E-state index in [1.165, 1.54) is 0 Å². The van der Waals surface area contributed by atoms with Crippen molar-refractivity contribution in [1.29, 1.82) is 0 Å². The molecule has 0 N–H and O–H groups in total. The third kappa shape index (κ3) is 4.44. The van der Waals surface area contributed by atoms with Gasteiger partial charge in [0.25, 0.3) is 0 Å². The number of pyridine rings is 2. The Morgan fingerprint density at radius 3 is 2.14 bits per heavy atom. The Hall–Kier alpha value is -3.58. The monoisotopic (exact) mass is 471 g/mol. The first-order chi connectivity index (χ1) is 17.0.